The summed E-state index contributed by atoms with van der Waals surface area (Å²) in [6, 6.07) is 0. The van der Waals surface area contributed by atoms with Gasteiger partial charge in [-0.2, -0.15) is 0 Å². The molecule has 0 aliphatic carbocycles. The van der Waals surface area contributed by atoms with Crippen LogP contribution in [0.25, 0.3) is 0 Å². The van der Waals surface area contributed by atoms with Crippen LogP contribution in [0.2, 0.25) is 0 Å². The van der Waals surface area contributed by atoms with E-state index in [1.165, 1.54) is 32.1 Å². The fraction of sp³-hybridized carbons (Fsp3) is 1.00. The fourth-order valence-electron chi connectivity index (χ4n) is 1.85. The van der Waals surface area contributed by atoms with Gasteiger partial charge in [0.1, 0.15) is 0 Å². The molecule has 1 rings (SSSR count). The zero-order chi connectivity index (χ0) is 8.81. The van der Waals surface area contributed by atoms with Gasteiger partial charge in [0.2, 0.25) is 0 Å². The van der Waals surface area contributed by atoms with E-state index >= 15 is 0 Å². The largest absolute Gasteiger partial charge is 0.330 e. The Morgan fingerprint density at radius 2 is 2.08 bits per heavy atom. The molecule has 0 saturated carbocycles. The summed E-state index contributed by atoms with van der Waals surface area (Å²) in [4.78, 5) is 0. The highest BCUT2D eigenvalue weighted by molar-refractivity contribution is 4.71. The predicted octanol–water partition coefficient (Wildman–Crippen LogP) is 0.701. The monoisotopic (exact) mass is 171 g/mol. The molecule has 0 aromatic rings. The normalized spacial score (nSPS) is 25.0. The van der Waals surface area contributed by atoms with Crippen LogP contribution >= 0.6 is 0 Å². The Bertz CT molecular complexity index is 116. The van der Waals surface area contributed by atoms with Crippen molar-refractivity contribution in [1.29, 1.82) is 0 Å². The quantitative estimate of drug-likeness (QED) is 0.473. The third-order valence-electron chi connectivity index (χ3n) is 2.63. The predicted molar refractivity (Wildman–Crippen MR) is 51.4 cm³/mol. The molecule has 1 saturated heterocycles. The second kappa shape index (κ2) is 5.51. The first-order valence-electron chi connectivity index (χ1n) is 5.02. The maximum Gasteiger partial charge on any atom is 0.0157 e. The minimum atomic E-state index is 0.841. The highest BCUT2D eigenvalue weighted by Crippen LogP contribution is 2.19. The third-order valence-corrected chi connectivity index (χ3v) is 2.63. The number of unbranched alkanes of at least 4 members (excludes halogenated alkanes) is 2. The van der Waals surface area contributed by atoms with Crippen molar-refractivity contribution in [3.63, 3.8) is 0 Å². The van der Waals surface area contributed by atoms with Gasteiger partial charge >= 0.3 is 0 Å². The molecule has 1 unspecified atom stereocenters. The average Bonchev–Trinajstić information content (AvgIpc) is 2.45. The summed E-state index contributed by atoms with van der Waals surface area (Å²) in [7, 11) is 0. The maximum absolute atomic E-state index is 5.67. The van der Waals surface area contributed by atoms with Crippen molar-refractivity contribution in [2.24, 2.45) is 17.5 Å². The van der Waals surface area contributed by atoms with Gasteiger partial charge in [0.25, 0.3) is 0 Å². The van der Waals surface area contributed by atoms with Crippen LogP contribution in [0.1, 0.15) is 32.1 Å². The Labute approximate surface area is 75.1 Å². The van der Waals surface area contributed by atoms with E-state index in [9.17, 15) is 0 Å². The Hall–Kier alpha value is -0.120. The van der Waals surface area contributed by atoms with Crippen LogP contribution in [0.5, 0.6) is 0 Å². The average molecular weight is 171 g/mol. The van der Waals surface area contributed by atoms with E-state index in [2.05, 4.69) is 0 Å². The molecule has 1 fully saturated rings. The topological polar surface area (TPSA) is 55.3 Å². The molecule has 1 heterocycles. The van der Waals surface area contributed by atoms with E-state index in [1.54, 1.807) is 0 Å². The number of hydrogen-bond donors (Lipinski definition) is 2. The van der Waals surface area contributed by atoms with Gasteiger partial charge in [-0.3, -0.25) is 5.84 Å². The summed E-state index contributed by atoms with van der Waals surface area (Å²) in [5, 5.41) is 1.94. The van der Waals surface area contributed by atoms with Crippen molar-refractivity contribution in [2.45, 2.75) is 32.1 Å². The molecular formula is C9H21N3. The number of nitrogens with zero attached hydrogens (tertiary/aromatic N) is 1. The molecule has 1 atom stereocenters. The summed E-state index contributed by atoms with van der Waals surface area (Å²) in [6.07, 6.45) is 6.43. The minimum Gasteiger partial charge on any atom is -0.330 e. The van der Waals surface area contributed by atoms with Crippen LogP contribution < -0.4 is 11.6 Å². The van der Waals surface area contributed by atoms with Crippen molar-refractivity contribution in [3.05, 3.63) is 0 Å². The van der Waals surface area contributed by atoms with Crippen LogP contribution in [-0.4, -0.2) is 24.6 Å². The number of hydrogen-bond acceptors (Lipinski definition) is 3. The van der Waals surface area contributed by atoms with E-state index in [4.69, 9.17) is 11.6 Å². The lowest BCUT2D eigenvalue weighted by molar-refractivity contribution is 0.331. The van der Waals surface area contributed by atoms with Gasteiger partial charge in [0, 0.05) is 13.1 Å². The Balaban J connectivity index is 1.93. The van der Waals surface area contributed by atoms with E-state index in [0.29, 0.717) is 0 Å². The second-order valence-electron chi connectivity index (χ2n) is 3.79. The van der Waals surface area contributed by atoms with E-state index in [0.717, 1.165) is 25.6 Å². The third kappa shape index (κ3) is 3.52. The lowest BCUT2D eigenvalue weighted by Crippen LogP contribution is -2.27. The van der Waals surface area contributed by atoms with Gasteiger partial charge in [-0.1, -0.05) is 12.8 Å². The molecule has 72 valence electrons. The molecule has 0 spiro atoms. The molecule has 1 aliphatic rings. The molecule has 4 N–H and O–H groups in total. The fourth-order valence-corrected chi connectivity index (χ4v) is 1.85. The maximum atomic E-state index is 5.67. The molecule has 0 aromatic heterocycles. The molecule has 0 aromatic carbocycles. The summed E-state index contributed by atoms with van der Waals surface area (Å²) in [5.74, 6) is 6.52. The Morgan fingerprint density at radius 3 is 2.67 bits per heavy atom. The van der Waals surface area contributed by atoms with Crippen LogP contribution in [0.4, 0.5) is 0 Å². The molecule has 0 amide bonds. The molecule has 3 heteroatoms. The number of nitrogens with two attached hydrogens (primary N) is 2. The van der Waals surface area contributed by atoms with Crippen molar-refractivity contribution in [3.8, 4) is 0 Å². The first-order chi connectivity index (χ1) is 5.83. The highest BCUT2D eigenvalue weighted by Gasteiger charge is 2.18. The minimum absolute atomic E-state index is 0.841. The second-order valence-corrected chi connectivity index (χ2v) is 3.79. The molecule has 0 bridgehead atoms. The summed E-state index contributed by atoms with van der Waals surface area (Å²) in [5.41, 5.74) is 5.42. The van der Waals surface area contributed by atoms with Gasteiger partial charge in [-0.15, -0.1) is 0 Å². The van der Waals surface area contributed by atoms with Crippen molar-refractivity contribution in [1.82, 2.24) is 5.01 Å². The Morgan fingerprint density at radius 1 is 1.25 bits per heavy atom. The van der Waals surface area contributed by atoms with Gasteiger partial charge < -0.3 is 5.73 Å². The van der Waals surface area contributed by atoms with E-state index in [-0.39, 0.29) is 0 Å². The SMILES string of the molecule is NCCCCCC1CCN(N)C1. The van der Waals surface area contributed by atoms with Gasteiger partial charge in [-0.25, -0.2) is 5.01 Å². The lowest BCUT2D eigenvalue weighted by atomic mass is 10.0. The lowest BCUT2D eigenvalue weighted by Gasteiger charge is -2.09. The first-order valence-corrected chi connectivity index (χ1v) is 5.02. The Kier molecular flexibility index (Phi) is 4.58. The summed E-state index contributed by atoms with van der Waals surface area (Å²) >= 11 is 0. The zero-order valence-electron chi connectivity index (χ0n) is 7.84. The molecule has 12 heavy (non-hydrogen) atoms. The molecule has 3 nitrogen and oxygen atoms in total. The highest BCUT2D eigenvalue weighted by atomic mass is 15.4. The summed E-state index contributed by atoms with van der Waals surface area (Å²) < 4.78 is 0. The van der Waals surface area contributed by atoms with Crippen LogP contribution in [0, 0.1) is 5.92 Å². The molecular weight excluding hydrogens is 150 g/mol. The van der Waals surface area contributed by atoms with Crippen molar-refractivity contribution in [2.75, 3.05) is 19.6 Å². The summed E-state index contributed by atoms with van der Waals surface area (Å²) in [6.45, 7) is 3.03. The number of hydrazine groups is 1. The van der Waals surface area contributed by atoms with Crippen molar-refractivity contribution < 1.29 is 0 Å². The smallest absolute Gasteiger partial charge is 0.0157 e. The van der Waals surface area contributed by atoms with Crippen LogP contribution in [0.15, 0.2) is 0 Å². The molecule has 1 aliphatic heterocycles. The van der Waals surface area contributed by atoms with Crippen LogP contribution in [-0.2, 0) is 0 Å². The standard InChI is InChI=1S/C9H21N3/c10-6-3-1-2-4-9-5-7-12(11)8-9/h9H,1-8,10-11H2. The van der Waals surface area contributed by atoms with E-state index < -0.39 is 0 Å². The molecule has 0 radical (unpaired) electrons. The number of rotatable bonds is 5. The van der Waals surface area contributed by atoms with E-state index in [1.807, 2.05) is 5.01 Å². The van der Waals surface area contributed by atoms with Crippen LogP contribution in [0.3, 0.4) is 0 Å². The van der Waals surface area contributed by atoms with Crippen molar-refractivity contribution >= 4 is 0 Å². The first kappa shape index (κ1) is 9.96. The van der Waals surface area contributed by atoms with Gasteiger partial charge in [0.15, 0.2) is 0 Å². The zero-order valence-corrected chi connectivity index (χ0v) is 7.84. The van der Waals surface area contributed by atoms with Gasteiger partial charge in [0.05, 0.1) is 0 Å². The van der Waals surface area contributed by atoms with Gasteiger partial charge in [-0.05, 0) is 31.7 Å².